The van der Waals surface area contributed by atoms with Crippen molar-refractivity contribution in [2.24, 2.45) is 11.3 Å². The van der Waals surface area contributed by atoms with Crippen LogP contribution in [-0.4, -0.2) is 75.1 Å². The molecule has 0 unspecified atom stereocenters. The van der Waals surface area contributed by atoms with Gasteiger partial charge in [-0.2, -0.15) is 0 Å². The highest BCUT2D eigenvalue weighted by atomic mass is 19.1. The number of nitrogens with zero attached hydrogens (tertiary/aromatic N) is 5. The second-order valence-corrected chi connectivity index (χ2v) is 11.5. The topological polar surface area (TPSA) is 91.8 Å². The third-order valence-corrected chi connectivity index (χ3v) is 8.74. The molecule has 2 aromatic rings. The van der Waals surface area contributed by atoms with Gasteiger partial charge >= 0.3 is 6.03 Å². The maximum Gasteiger partial charge on any atom is 0.418 e. The Morgan fingerprint density at radius 1 is 1.24 bits per heavy atom. The molecule has 0 aromatic carbocycles. The lowest BCUT2D eigenvalue weighted by atomic mass is 9.56. The number of piperidine rings is 1. The Morgan fingerprint density at radius 2 is 1.97 bits per heavy atom. The largest absolute Gasteiger partial charge is 0.418 e. The van der Waals surface area contributed by atoms with Crippen molar-refractivity contribution in [3.05, 3.63) is 41.5 Å². The maximum atomic E-state index is 13.3. The number of nitrogens with one attached hydrogen (secondary N) is 1. The fraction of sp³-hybridized carbons (Fsp3) is 0.640. The molecule has 2 aromatic heterocycles. The third kappa shape index (κ3) is 3.65. The highest BCUT2D eigenvalue weighted by Gasteiger charge is 2.64. The molecule has 2 saturated heterocycles. The van der Waals surface area contributed by atoms with Crippen LogP contribution < -0.4 is 0 Å². The molecule has 0 atom stereocenters. The van der Waals surface area contributed by atoms with Crippen LogP contribution in [-0.2, 0) is 16.6 Å². The van der Waals surface area contributed by atoms with E-state index in [0.717, 1.165) is 94.8 Å². The fourth-order valence-corrected chi connectivity index (χ4v) is 6.73. The van der Waals surface area contributed by atoms with Crippen LogP contribution in [0.25, 0.3) is 0 Å². The summed E-state index contributed by atoms with van der Waals surface area (Å²) >= 11 is 0. The highest BCUT2D eigenvalue weighted by Crippen LogP contribution is 2.58. The van der Waals surface area contributed by atoms with Crippen LogP contribution in [0.5, 0.6) is 0 Å². The smallest absolute Gasteiger partial charge is 0.328 e. The number of carbonyl (C=O) groups is 2. The standard InChI is InChI=1S/C25H32FN6O2/c1-32(23(34)31-8-4-17(5-9-31)10-20-3-2-19(26)13-27-20)14-24(15-32)11-18(12-24)21-28-22(30-29-21)25(16-33)6-7-25/h2-3,13,16-18H,4-12,14-15H2,1H3,(H,28,29,30)/q+1. The number of pyridine rings is 1. The first kappa shape index (κ1) is 21.8. The molecule has 4 heterocycles. The molecule has 4 fully saturated rings. The van der Waals surface area contributed by atoms with Crippen molar-refractivity contribution in [1.82, 2.24) is 25.1 Å². The van der Waals surface area contributed by atoms with E-state index in [2.05, 4.69) is 27.2 Å². The molecule has 9 heteroatoms. The van der Waals surface area contributed by atoms with Crippen LogP contribution >= 0.6 is 0 Å². The lowest BCUT2D eigenvalue weighted by Crippen LogP contribution is -2.75. The number of halogens is 1. The average Bonchev–Trinajstić information content (AvgIpc) is 3.45. The summed E-state index contributed by atoms with van der Waals surface area (Å²) < 4.78 is 13.6. The van der Waals surface area contributed by atoms with Gasteiger partial charge in [0.2, 0.25) is 0 Å². The van der Waals surface area contributed by atoms with Gasteiger partial charge in [-0.25, -0.2) is 13.7 Å². The monoisotopic (exact) mass is 467 g/mol. The first-order valence-electron chi connectivity index (χ1n) is 12.5. The number of aldehydes is 1. The zero-order chi connectivity index (χ0) is 23.6. The molecule has 2 saturated carbocycles. The van der Waals surface area contributed by atoms with Gasteiger partial charge in [0.05, 0.1) is 37.2 Å². The van der Waals surface area contributed by atoms with Crippen molar-refractivity contribution in [1.29, 1.82) is 0 Å². The molecular weight excluding hydrogens is 435 g/mol. The number of likely N-dealkylation sites (tertiary alicyclic amines) is 2. The lowest BCUT2D eigenvalue weighted by molar-refractivity contribution is -0.902. The van der Waals surface area contributed by atoms with Gasteiger partial charge in [0, 0.05) is 24.7 Å². The first-order chi connectivity index (χ1) is 16.3. The molecule has 1 spiro atoms. The summed E-state index contributed by atoms with van der Waals surface area (Å²) in [5.41, 5.74) is 0.747. The SMILES string of the molecule is C[N+]1(C(=O)N2CCC(Cc3ccc(F)cn3)CC2)CC2(CC(c3nnc(C4(C=O)CC4)[nH]3)C2)C1. The van der Waals surface area contributed by atoms with Gasteiger partial charge in [0.15, 0.2) is 0 Å². The molecule has 34 heavy (non-hydrogen) atoms. The minimum absolute atomic E-state index is 0.233. The van der Waals surface area contributed by atoms with Crippen LogP contribution in [0.3, 0.4) is 0 Å². The summed E-state index contributed by atoms with van der Waals surface area (Å²) in [6, 6.07) is 3.47. The zero-order valence-corrected chi connectivity index (χ0v) is 19.7. The number of rotatable bonds is 5. The minimum atomic E-state index is -0.409. The zero-order valence-electron chi connectivity index (χ0n) is 19.7. The lowest BCUT2D eigenvalue weighted by Gasteiger charge is -2.60. The van der Waals surface area contributed by atoms with Crippen molar-refractivity contribution < 1.29 is 18.5 Å². The number of aromatic nitrogens is 4. The number of carbonyl (C=O) groups excluding carboxylic acids is 2. The Labute approximate surface area is 198 Å². The van der Waals surface area contributed by atoms with Gasteiger partial charge in [-0.15, -0.1) is 10.2 Å². The molecule has 1 N–H and O–H groups in total. The van der Waals surface area contributed by atoms with Gasteiger partial charge in [-0.3, -0.25) is 9.88 Å². The summed E-state index contributed by atoms with van der Waals surface area (Å²) in [6.07, 6.45) is 8.84. The van der Waals surface area contributed by atoms with E-state index in [1.54, 1.807) is 6.07 Å². The summed E-state index contributed by atoms with van der Waals surface area (Å²) in [6.45, 7) is 3.35. The molecule has 6 rings (SSSR count). The molecular formula is C25H32FN6O2+. The number of hydrogen-bond donors (Lipinski definition) is 1. The van der Waals surface area contributed by atoms with Gasteiger partial charge in [0.1, 0.15) is 23.8 Å². The summed E-state index contributed by atoms with van der Waals surface area (Å²) in [5.74, 6) is 2.16. The molecule has 180 valence electrons. The molecule has 0 radical (unpaired) electrons. The van der Waals surface area contributed by atoms with Gasteiger partial charge in [-0.1, -0.05) is 0 Å². The summed E-state index contributed by atoms with van der Waals surface area (Å²) in [4.78, 5) is 34.2. The van der Waals surface area contributed by atoms with Crippen molar-refractivity contribution in [3.63, 3.8) is 0 Å². The van der Waals surface area contributed by atoms with E-state index in [4.69, 9.17) is 0 Å². The third-order valence-electron chi connectivity index (χ3n) is 8.74. The van der Waals surface area contributed by atoms with E-state index in [0.29, 0.717) is 16.3 Å². The number of amides is 2. The molecule has 4 aliphatic rings. The predicted molar refractivity (Wildman–Crippen MR) is 121 cm³/mol. The van der Waals surface area contributed by atoms with Gasteiger partial charge in [0.25, 0.3) is 0 Å². The average molecular weight is 468 g/mol. The Bertz CT molecular complexity index is 1090. The highest BCUT2D eigenvalue weighted by molar-refractivity contribution is 5.71. The van der Waals surface area contributed by atoms with E-state index in [9.17, 15) is 14.0 Å². The van der Waals surface area contributed by atoms with Crippen molar-refractivity contribution in [2.75, 3.05) is 33.2 Å². The second kappa shape index (κ2) is 7.66. The van der Waals surface area contributed by atoms with Gasteiger partial charge < -0.3 is 9.78 Å². The Balaban J connectivity index is 0.987. The van der Waals surface area contributed by atoms with E-state index in [-0.39, 0.29) is 17.3 Å². The van der Waals surface area contributed by atoms with Crippen LogP contribution in [0, 0.1) is 17.2 Å². The van der Waals surface area contributed by atoms with E-state index < -0.39 is 5.41 Å². The second-order valence-electron chi connectivity index (χ2n) is 11.5. The van der Waals surface area contributed by atoms with Crippen molar-refractivity contribution in [2.45, 2.75) is 56.3 Å². The Kier molecular flexibility index (Phi) is 4.92. The summed E-state index contributed by atoms with van der Waals surface area (Å²) in [5, 5.41) is 8.58. The van der Waals surface area contributed by atoms with Crippen LogP contribution in [0.1, 0.15) is 61.8 Å². The Morgan fingerprint density at radius 3 is 2.59 bits per heavy atom. The van der Waals surface area contributed by atoms with Crippen molar-refractivity contribution >= 4 is 12.3 Å². The maximum absolute atomic E-state index is 13.3. The van der Waals surface area contributed by atoms with E-state index in [1.165, 1.54) is 12.3 Å². The van der Waals surface area contributed by atoms with Crippen LogP contribution in [0.2, 0.25) is 0 Å². The molecule has 2 aliphatic carbocycles. The number of quaternary nitrogens is 1. The normalized spacial score (nSPS) is 32.2. The first-order valence-corrected chi connectivity index (χ1v) is 12.5. The molecule has 8 nitrogen and oxygen atoms in total. The number of hydrogen-bond acceptors (Lipinski definition) is 5. The van der Waals surface area contributed by atoms with E-state index in [1.807, 2.05) is 4.90 Å². The fourth-order valence-electron chi connectivity index (χ4n) is 6.73. The number of H-pyrrole nitrogens is 1. The molecule has 2 amide bonds. The minimum Gasteiger partial charge on any atom is -0.328 e. The van der Waals surface area contributed by atoms with Crippen LogP contribution in [0.15, 0.2) is 18.3 Å². The Hall–Kier alpha value is -2.68. The molecule has 2 aliphatic heterocycles. The van der Waals surface area contributed by atoms with Crippen LogP contribution in [0.4, 0.5) is 9.18 Å². The number of urea groups is 1. The van der Waals surface area contributed by atoms with Gasteiger partial charge in [-0.05, 0) is 63.0 Å². The molecule has 0 bridgehead atoms. The quantitative estimate of drug-likeness (QED) is 0.539. The van der Waals surface area contributed by atoms with Crippen molar-refractivity contribution in [3.8, 4) is 0 Å². The number of aromatic amines is 1. The van der Waals surface area contributed by atoms with E-state index >= 15 is 0 Å². The summed E-state index contributed by atoms with van der Waals surface area (Å²) in [7, 11) is 2.07. The predicted octanol–water partition coefficient (Wildman–Crippen LogP) is 2.97.